The van der Waals surface area contributed by atoms with Crippen LogP contribution in [0.4, 0.5) is 24.5 Å². The Morgan fingerprint density at radius 2 is 1.60 bits per heavy atom. The summed E-state index contributed by atoms with van der Waals surface area (Å²) >= 11 is 11.8. The summed E-state index contributed by atoms with van der Waals surface area (Å²) < 4.78 is 73.4. The number of hydrogen-bond acceptors (Lipinski definition) is 4. The van der Waals surface area contributed by atoms with E-state index in [0.717, 1.165) is 15.9 Å². The average molecular weight is 547 g/mol. The van der Waals surface area contributed by atoms with E-state index in [-0.39, 0.29) is 26.4 Å². The predicted molar refractivity (Wildman–Crippen MR) is 129 cm³/mol. The molecule has 3 aromatic rings. The Labute approximate surface area is 210 Å². The van der Waals surface area contributed by atoms with Crippen molar-refractivity contribution < 1.29 is 31.1 Å². The van der Waals surface area contributed by atoms with Crippen LogP contribution in [0.3, 0.4) is 0 Å². The van der Waals surface area contributed by atoms with Crippen LogP contribution >= 0.6 is 23.2 Å². The normalized spacial score (nSPS) is 11.7. The SMILES string of the molecule is COc1ccc(Cl)cc1N(CC(=O)Nc1ccc(Cl)cc1C(F)(F)F)S(=O)(=O)c1ccc(C)cc1. The van der Waals surface area contributed by atoms with Crippen LogP contribution in [0, 0.1) is 6.92 Å². The molecule has 0 aromatic heterocycles. The molecule has 0 atom stereocenters. The monoisotopic (exact) mass is 546 g/mol. The highest BCUT2D eigenvalue weighted by Gasteiger charge is 2.35. The van der Waals surface area contributed by atoms with Gasteiger partial charge >= 0.3 is 6.18 Å². The van der Waals surface area contributed by atoms with Gasteiger partial charge in [0.05, 0.1) is 28.9 Å². The third-order valence-electron chi connectivity index (χ3n) is 4.87. The molecule has 186 valence electrons. The highest BCUT2D eigenvalue weighted by molar-refractivity contribution is 7.92. The summed E-state index contributed by atoms with van der Waals surface area (Å²) in [5.74, 6) is -0.948. The molecule has 0 heterocycles. The zero-order chi connectivity index (χ0) is 26.0. The Morgan fingerprint density at radius 1 is 1.00 bits per heavy atom. The largest absolute Gasteiger partial charge is 0.495 e. The Hall–Kier alpha value is -2.95. The van der Waals surface area contributed by atoms with Crippen molar-refractivity contribution in [2.75, 3.05) is 23.3 Å². The molecule has 0 aliphatic heterocycles. The molecule has 0 saturated heterocycles. The predicted octanol–water partition coefficient (Wildman–Crippen LogP) is 6.16. The molecule has 3 aromatic carbocycles. The van der Waals surface area contributed by atoms with Crippen molar-refractivity contribution in [1.29, 1.82) is 0 Å². The number of alkyl halides is 3. The van der Waals surface area contributed by atoms with E-state index in [0.29, 0.717) is 6.07 Å². The highest BCUT2D eigenvalue weighted by atomic mass is 35.5. The van der Waals surface area contributed by atoms with Gasteiger partial charge < -0.3 is 10.1 Å². The third kappa shape index (κ3) is 6.19. The van der Waals surface area contributed by atoms with Crippen LogP contribution in [0.25, 0.3) is 0 Å². The lowest BCUT2D eigenvalue weighted by atomic mass is 10.1. The molecular formula is C23H19Cl2F3N2O4S. The number of hydrogen-bond donors (Lipinski definition) is 1. The van der Waals surface area contributed by atoms with Gasteiger partial charge in [-0.2, -0.15) is 13.2 Å². The minimum absolute atomic E-state index is 0.0668. The lowest BCUT2D eigenvalue weighted by Crippen LogP contribution is -2.38. The molecule has 6 nitrogen and oxygen atoms in total. The zero-order valence-electron chi connectivity index (χ0n) is 18.4. The van der Waals surface area contributed by atoms with E-state index in [9.17, 15) is 26.4 Å². The Bertz CT molecular complexity index is 1350. The van der Waals surface area contributed by atoms with E-state index in [2.05, 4.69) is 5.32 Å². The lowest BCUT2D eigenvalue weighted by Gasteiger charge is -2.26. The number of anilines is 2. The second-order valence-corrected chi connectivity index (χ2v) is 10.1. The fourth-order valence-electron chi connectivity index (χ4n) is 3.18. The minimum atomic E-state index is -4.81. The van der Waals surface area contributed by atoms with E-state index in [1.54, 1.807) is 19.1 Å². The molecule has 3 rings (SSSR count). The number of methoxy groups -OCH3 is 1. The Balaban J connectivity index is 2.06. The zero-order valence-corrected chi connectivity index (χ0v) is 20.7. The summed E-state index contributed by atoms with van der Waals surface area (Å²) in [5, 5.41) is 2.11. The van der Waals surface area contributed by atoms with Gasteiger partial charge in [-0.1, -0.05) is 40.9 Å². The summed E-state index contributed by atoms with van der Waals surface area (Å²) in [6.45, 7) is 0.902. The van der Waals surface area contributed by atoms with Gasteiger partial charge in [-0.15, -0.1) is 0 Å². The number of sulfonamides is 1. The molecule has 0 aliphatic carbocycles. The van der Waals surface area contributed by atoms with Crippen molar-refractivity contribution in [3.8, 4) is 5.75 Å². The molecule has 0 bridgehead atoms. The van der Waals surface area contributed by atoms with Crippen LogP contribution in [-0.2, 0) is 21.0 Å². The van der Waals surface area contributed by atoms with Crippen molar-refractivity contribution in [1.82, 2.24) is 0 Å². The number of benzene rings is 3. The quantitative estimate of drug-likeness (QED) is 0.385. The first-order chi connectivity index (χ1) is 16.3. The Morgan fingerprint density at radius 3 is 2.20 bits per heavy atom. The van der Waals surface area contributed by atoms with Gasteiger partial charge in [-0.05, 0) is 55.5 Å². The summed E-state index contributed by atoms with van der Waals surface area (Å²) in [6, 6.07) is 12.8. The number of aryl methyl sites for hydroxylation is 1. The van der Waals surface area contributed by atoms with Crippen molar-refractivity contribution in [3.63, 3.8) is 0 Å². The van der Waals surface area contributed by atoms with Crippen LogP contribution in [0.15, 0.2) is 65.6 Å². The van der Waals surface area contributed by atoms with Gasteiger partial charge in [0.2, 0.25) is 5.91 Å². The second-order valence-electron chi connectivity index (χ2n) is 7.38. The maximum absolute atomic E-state index is 13.5. The van der Waals surface area contributed by atoms with Gasteiger partial charge in [0.25, 0.3) is 10.0 Å². The van der Waals surface area contributed by atoms with Gasteiger partial charge in [-0.3, -0.25) is 9.10 Å². The van der Waals surface area contributed by atoms with Crippen LogP contribution < -0.4 is 14.4 Å². The maximum Gasteiger partial charge on any atom is 0.418 e. The van der Waals surface area contributed by atoms with Crippen molar-refractivity contribution in [2.24, 2.45) is 0 Å². The number of ether oxygens (including phenoxy) is 1. The van der Waals surface area contributed by atoms with Gasteiger partial charge in [-0.25, -0.2) is 8.42 Å². The van der Waals surface area contributed by atoms with Gasteiger partial charge in [0, 0.05) is 10.0 Å². The fourth-order valence-corrected chi connectivity index (χ4v) is 4.94. The molecule has 0 unspecified atom stereocenters. The van der Waals surface area contributed by atoms with E-state index >= 15 is 0 Å². The molecule has 0 spiro atoms. The van der Waals surface area contributed by atoms with Crippen LogP contribution in [0.1, 0.15) is 11.1 Å². The third-order valence-corrected chi connectivity index (χ3v) is 7.11. The number of rotatable bonds is 7. The van der Waals surface area contributed by atoms with Crippen molar-refractivity contribution >= 4 is 50.5 Å². The lowest BCUT2D eigenvalue weighted by molar-refractivity contribution is -0.137. The smallest absolute Gasteiger partial charge is 0.418 e. The first-order valence-electron chi connectivity index (χ1n) is 9.92. The number of carbonyl (C=O) groups is 1. The summed E-state index contributed by atoms with van der Waals surface area (Å²) in [4.78, 5) is 12.7. The molecule has 35 heavy (non-hydrogen) atoms. The summed E-state index contributed by atoms with van der Waals surface area (Å²) in [7, 11) is -3.06. The molecule has 0 saturated carbocycles. The molecule has 1 N–H and O–H groups in total. The molecule has 0 aliphatic rings. The van der Waals surface area contributed by atoms with E-state index in [1.807, 2.05) is 0 Å². The number of nitrogens with one attached hydrogen (secondary N) is 1. The molecular weight excluding hydrogens is 528 g/mol. The second kappa shape index (κ2) is 10.3. The standard InChI is InChI=1S/C23H19Cl2F3N2O4S/c1-14-3-7-17(8-4-14)35(32,33)30(20-12-16(25)6-10-21(20)34-2)13-22(31)29-19-9-5-15(24)11-18(19)23(26,27)28/h3-12H,13H2,1-2H3,(H,29,31). The van der Waals surface area contributed by atoms with E-state index in [4.69, 9.17) is 27.9 Å². The highest BCUT2D eigenvalue weighted by Crippen LogP contribution is 2.37. The van der Waals surface area contributed by atoms with Crippen LogP contribution in [0.5, 0.6) is 5.75 Å². The molecule has 12 heteroatoms. The van der Waals surface area contributed by atoms with Gasteiger partial charge in [0.1, 0.15) is 12.3 Å². The van der Waals surface area contributed by atoms with E-state index < -0.39 is 39.9 Å². The van der Waals surface area contributed by atoms with Crippen LogP contribution in [0.2, 0.25) is 10.0 Å². The minimum Gasteiger partial charge on any atom is -0.495 e. The van der Waals surface area contributed by atoms with Crippen LogP contribution in [-0.4, -0.2) is 28.0 Å². The first kappa shape index (κ1) is 26.7. The summed E-state index contributed by atoms with van der Waals surface area (Å²) in [5.41, 5.74) is -1.01. The Kier molecular flexibility index (Phi) is 7.88. The summed E-state index contributed by atoms with van der Waals surface area (Å²) in [6.07, 6.45) is -4.81. The fraction of sp³-hybridized carbons (Fsp3) is 0.174. The topological polar surface area (TPSA) is 75.7 Å². The average Bonchev–Trinajstić information content (AvgIpc) is 2.78. The van der Waals surface area contributed by atoms with E-state index in [1.165, 1.54) is 43.5 Å². The number of amides is 1. The maximum atomic E-state index is 13.5. The molecule has 0 radical (unpaired) electrons. The van der Waals surface area contributed by atoms with Crippen molar-refractivity contribution in [3.05, 3.63) is 81.8 Å². The van der Waals surface area contributed by atoms with Crippen molar-refractivity contribution in [2.45, 2.75) is 18.0 Å². The molecule has 1 amide bonds. The number of halogens is 5. The van der Waals surface area contributed by atoms with Gasteiger partial charge in [0.15, 0.2) is 0 Å². The number of carbonyl (C=O) groups excluding carboxylic acids is 1. The number of nitrogens with zero attached hydrogens (tertiary/aromatic N) is 1. The molecule has 0 fully saturated rings. The first-order valence-corrected chi connectivity index (χ1v) is 12.1.